The van der Waals surface area contributed by atoms with E-state index in [4.69, 9.17) is 5.26 Å². The molecule has 0 aromatic heterocycles. The number of nitriles is 1. The molecule has 0 spiro atoms. The van der Waals surface area contributed by atoms with Crippen molar-refractivity contribution in [1.29, 1.82) is 5.26 Å². The zero-order valence-corrected chi connectivity index (χ0v) is 18.0. The van der Waals surface area contributed by atoms with E-state index in [-0.39, 0.29) is 18.0 Å². The summed E-state index contributed by atoms with van der Waals surface area (Å²) in [7, 11) is 3.93. The Kier molecular flexibility index (Phi) is 8.39. The molecule has 2 aromatic carbocycles. The van der Waals surface area contributed by atoms with Crippen LogP contribution in [0.15, 0.2) is 48.5 Å². The minimum absolute atomic E-state index is 0.0401. The summed E-state index contributed by atoms with van der Waals surface area (Å²) in [6.45, 7) is 5.53. The summed E-state index contributed by atoms with van der Waals surface area (Å²) < 4.78 is 0. The molecule has 0 saturated heterocycles. The maximum absolute atomic E-state index is 13.1. The van der Waals surface area contributed by atoms with Crippen molar-refractivity contribution in [3.63, 3.8) is 0 Å². The number of nitrogens with zero attached hydrogens (tertiary/aromatic N) is 3. The van der Waals surface area contributed by atoms with E-state index in [0.717, 1.165) is 12.1 Å². The lowest BCUT2D eigenvalue weighted by atomic mass is 10.1. The number of hydrogen-bond acceptors (Lipinski definition) is 4. The third-order valence-corrected chi connectivity index (χ3v) is 4.37. The van der Waals surface area contributed by atoms with Crippen molar-refractivity contribution < 1.29 is 9.59 Å². The second-order valence-electron chi connectivity index (χ2n) is 7.67. The predicted molar refractivity (Wildman–Crippen MR) is 118 cm³/mol. The third-order valence-electron chi connectivity index (χ3n) is 4.37. The van der Waals surface area contributed by atoms with E-state index in [9.17, 15) is 9.59 Å². The van der Waals surface area contributed by atoms with Gasteiger partial charge < -0.3 is 20.4 Å². The van der Waals surface area contributed by atoms with Crippen molar-refractivity contribution in [1.82, 2.24) is 15.1 Å². The van der Waals surface area contributed by atoms with Gasteiger partial charge in [0.2, 0.25) is 0 Å². The first kappa shape index (κ1) is 22.9. The topological polar surface area (TPSA) is 88.5 Å². The lowest BCUT2D eigenvalue weighted by molar-refractivity contribution is 0.0732. The average molecular weight is 408 g/mol. The van der Waals surface area contributed by atoms with Crippen LogP contribution in [0.1, 0.15) is 35.3 Å². The molecule has 3 amide bonds. The van der Waals surface area contributed by atoms with Crippen LogP contribution < -0.4 is 10.6 Å². The highest BCUT2D eigenvalue weighted by Crippen LogP contribution is 2.14. The Bertz CT molecular complexity index is 883. The lowest BCUT2D eigenvalue weighted by Gasteiger charge is -2.25. The quantitative estimate of drug-likeness (QED) is 0.703. The van der Waals surface area contributed by atoms with Gasteiger partial charge in [-0.15, -0.1) is 0 Å². The Morgan fingerprint density at radius 3 is 2.17 bits per heavy atom. The SMILES string of the molecule is CC(C)NC(=O)Nc1ccc(C(=O)N(CCN(C)C)Cc2ccc(C#N)cc2)cc1. The molecule has 0 fully saturated rings. The number of urea groups is 1. The molecule has 7 nitrogen and oxygen atoms in total. The van der Waals surface area contributed by atoms with Crippen LogP contribution in [-0.4, -0.2) is 55.0 Å². The maximum Gasteiger partial charge on any atom is 0.319 e. The summed E-state index contributed by atoms with van der Waals surface area (Å²) in [5.74, 6) is -0.0839. The highest BCUT2D eigenvalue weighted by molar-refractivity contribution is 5.95. The monoisotopic (exact) mass is 407 g/mol. The van der Waals surface area contributed by atoms with E-state index in [1.54, 1.807) is 41.3 Å². The number of carbonyl (C=O) groups excluding carboxylic acids is 2. The summed E-state index contributed by atoms with van der Waals surface area (Å²) >= 11 is 0. The Morgan fingerprint density at radius 1 is 1.00 bits per heavy atom. The average Bonchev–Trinajstić information content (AvgIpc) is 2.71. The molecule has 2 N–H and O–H groups in total. The molecule has 158 valence electrons. The van der Waals surface area contributed by atoms with Gasteiger partial charge in [-0.25, -0.2) is 4.79 Å². The van der Waals surface area contributed by atoms with Crippen LogP contribution in [0.5, 0.6) is 0 Å². The van der Waals surface area contributed by atoms with Crippen molar-refractivity contribution in [2.45, 2.75) is 26.4 Å². The van der Waals surface area contributed by atoms with Gasteiger partial charge in [-0.3, -0.25) is 4.79 Å². The van der Waals surface area contributed by atoms with Crippen molar-refractivity contribution in [2.75, 3.05) is 32.5 Å². The molecule has 0 aliphatic heterocycles. The van der Waals surface area contributed by atoms with E-state index in [1.807, 2.05) is 45.0 Å². The highest BCUT2D eigenvalue weighted by atomic mass is 16.2. The van der Waals surface area contributed by atoms with Gasteiger partial charge in [-0.1, -0.05) is 12.1 Å². The van der Waals surface area contributed by atoms with Crippen molar-refractivity contribution in [3.05, 3.63) is 65.2 Å². The number of anilines is 1. The van der Waals surface area contributed by atoms with Crippen molar-refractivity contribution in [3.8, 4) is 6.07 Å². The van der Waals surface area contributed by atoms with Crippen LogP contribution >= 0.6 is 0 Å². The molecule has 0 saturated carbocycles. The van der Waals surface area contributed by atoms with Gasteiger partial charge in [0.15, 0.2) is 0 Å². The molecule has 30 heavy (non-hydrogen) atoms. The highest BCUT2D eigenvalue weighted by Gasteiger charge is 2.17. The van der Waals surface area contributed by atoms with Crippen LogP contribution in [0.4, 0.5) is 10.5 Å². The molecule has 0 unspecified atom stereocenters. The summed E-state index contributed by atoms with van der Waals surface area (Å²) in [5, 5.41) is 14.5. The Hall–Kier alpha value is -3.37. The van der Waals surface area contributed by atoms with E-state index in [2.05, 4.69) is 16.7 Å². The minimum atomic E-state index is -0.280. The van der Waals surface area contributed by atoms with Gasteiger partial charge in [0.1, 0.15) is 0 Å². The number of nitrogens with one attached hydrogen (secondary N) is 2. The van der Waals surface area contributed by atoms with Gasteiger partial charge in [0.25, 0.3) is 5.91 Å². The molecular weight excluding hydrogens is 378 g/mol. The third kappa shape index (κ3) is 7.22. The van der Waals surface area contributed by atoms with Crippen LogP contribution in [0.3, 0.4) is 0 Å². The fourth-order valence-electron chi connectivity index (χ4n) is 2.79. The van der Waals surface area contributed by atoms with Gasteiger partial charge in [0, 0.05) is 36.9 Å². The number of amides is 3. The van der Waals surface area contributed by atoms with Crippen LogP contribution in [0.2, 0.25) is 0 Å². The molecule has 2 aromatic rings. The first-order chi connectivity index (χ1) is 14.3. The smallest absolute Gasteiger partial charge is 0.319 e. The summed E-state index contributed by atoms with van der Waals surface area (Å²) in [4.78, 5) is 28.8. The summed E-state index contributed by atoms with van der Waals surface area (Å²) in [5.41, 5.74) is 2.73. The molecular formula is C23H29N5O2. The molecule has 0 radical (unpaired) electrons. The molecule has 0 aliphatic rings. The van der Waals surface area contributed by atoms with Gasteiger partial charge >= 0.3 is 6.03 Å². The van der Waals surface area contributed by atoms with E-state index < -0.39 is 0 Å². The molecule has 0 heterocycles. The molecule has 0 aliphatic carbocycles. The van der Waals surface area contributed by atoms with Gasteiger partial charge in [-0.05, 0) is 69.9 Å². The second kappa shape index (κ2) is 11.0. The molecule has 0 atom stereocenters. The second-order valence-corrected chi connectivity index (χ2v) is 7.67. The van der Waals surface area contributed by atoms with Crippen LogP contribution in [-0.2, 0) is 6.54 Å². The largest absolute Gasteiger partial charge is 0.336 e. The van der Waals surface area contributed by atoms with E-state index in [0.29, 0.717) is 29.9 Å². The van der Waals surface area contributed by atoms with Crippen molar-refractivity contribution in [2.24, 2.45) is 0 Å². The van der Waals surface area contributed by atoms with Crippen molar-refractivity contribution >= 4 is 17.6 Å². The lowest BCUT2D eigenvalue weighted by Crippen LogP contribution is -2.36. The normalized spacial score (nSPS) is 10.6. The van der Waals surface area contributed by atoms with Crippen LogP contribution in [0, 0.1) is 11.3 Å². The number of carbonyl (C=O) groups is 2. The molecule has 7 heteroatoms. The summed E-state index contributed by atoms with van der Waals surface area (Å²) in [6, 6.07) is 16.0. The number of likely N-dealkylation sites (N-methyl/N-ethyl adjacent to an activating group) is 1. The standard InChI is InChI=1S/C23H29N5O2/c1-17(2)25-23(30)26-21-11-9-20(10-12-21)22(29)28(14-13-27(3)4)16-19-7-5-18(15-24)6-8-19/h5-12,17H,13-14,16H2,1-4H3,(H2,25,26,30). The van der Waals surface area contributed by atoms with Crippen LogP contribution in [0.25, 0.3) is 0 Å². The number of hydrogen-bond donors (Lipinski definition) is 2. The molecule has 0 bridgehead atoms. The molecule has 2 rings (SSSR count). The van der Waals surface area contributed by atoms with E-state index >= 15 is 0 Å². The van der Waals surface area contributed by atoms with E-state index in [1.165, 1.54) is 0 Å². The fourth-order valence-corrected chi connectivity index (χ4v) is 2.79. The van der Waals surface area contributed by atoms with Gasteiger partial charge in [0.05, 0.1) is 11.6 Å². The summed E-state index contributed by atoms with van der Waals surface area (Å²) in [6.07, 6.45) is 0. The Labute approximate surface area is 178 Å². The Morgan fingerprint density at radius 2 is 1.63 bits per heavy atom. The fraction of sp³-hybridized carbons (Fsp3) is 0.348. The Balaban J connectivity index is 2.11. The minimum Gasteiger partial charge on any atom is -0.336 e. The maximum atomic E-state index is 13.1. The number of rotatable bonds is 8. The number of benzene rings is 2. The van der Waals surface area contributed by atoms with Gasteiger partial charge in [-0.2, -0.15) is 5.26 Å². The predicted octanol–water partition coefficient (Wildman–Crippen LogP) is 3.29. The first-order valence-corrected chi connectivity index (χ1v) is 9.89. The zero-order chi connectivity index (χ0) is 22.1. The zero-order valence-electron chi connectivity index (χ0n) is 18.0. The first-order valence-electron chi connectivity index (χ1n) is 9.89.